The van der Waals surface area contributed by atoms with Crippen LogP contribution in [0.4, 0.5) is 0 Å². The minimum atomic E-state index is 0.632. The molecule has 2 nitrogen and oxygen atoms in total. The second-order valence-corrected chi connectivity index (χ2v) is 14.6. The Hall–Kier alpha value is -0.660. The summed E-state index contributed by atoms with van der Waals surface area (Å²) in [4.78, 5) is 5.33. The number of nitrogens with zero attached hydrogens (tertiary/aromatic N) is 2. The first-order valence-electron chi connectivity index (χ1n) is 21.0. The van der Waals surface area contributed by atoms with Crippen LogP contribution in [-0.4, -0.2) is 29.1 Å². The molecule has 0 aromatic heterocycles. The highest BCUT2D eigenvalue weighted by Gasteiger charge is 2.24. The van der Waals surface area contributed by atoms with Crippen molar-refractivity contribution >= 4 is 0 Å². The molecule has 0 aromatic carbocycles. The third-order valence-electron chi connectivity index (χ3n) is 10.3. The number of hydrogen-bond acceptors (Lipinski definition) is 2. The molecule has 0 saturated heterocycles. The molecule has 1 aliphatic rings. The van der Waals surface area contributed by atoms with Crippen molar-refractivity contribution in [2.45, 2.75) is 245 Å². The first-order chi connectivity index (χ1) is 21.8. The zero-order chi connectivity index (χ0) is 31.6. The maximum Gasteiger partial charge on any atom is 0.101 e. The summed E-state index contributed by atoms with van der Waals surface area (Å²) in [5, 5.41) is 0. The van der Waals surface area contributed by atoms with E-state index in [1.807, 2.05) is 0 Å². The van der Waals surface area contributed by atoms with E-state index in [2.05, 4.69) is 43.0 Å². The standard InChI is InChI=1S/C42H84N2/c1-4-7-9-11-13-15-17-19-21-22-24-26-28-30-32-34-36-39-44-41-40-43(42(44)37-6-3)38-35-33-31-29-27-25-23-20-18-16-14-12-10-8-5-2/h40-42H,4-39H2,1-3H3. The highest BCUT2D eigenvalue weighted by molar-refractivity contribution is 4.96. The van der Waals surface area contributed by atoms with Gasteiger partial charge in [-0.15, -0.1) is 0 Å². The summed E-state index contributed by atoms with van der Waals surface area (Å²) >= 11 is 0. The topological polar surface area (TPSA) is 6.48 Å². The monoisotopic (exact) mass is 617 g/mol. The molecule has 0 saturated carbocycles. The Balaban J connectivity index is 1.91. The van der Waals surface area contributed by atoms with Gasteiger partial charge in [-0.2, -0.15) is 0 Å². The van der Waals surface area contributed by atoms with Gasteiger partial charge in [0.25, 0.3) is 0 Å². The Morgan fingerprint density at radius 3 is 0.750 bits per heavy atom. The van der Waals surface area contributed by atoms with Gasteiger partial charge >= 0.3 is 0 Å². The first-order valence-corrected chi connectivity index (χ1v) is 21.0. The summed E-state index contributed by atoms with van der Waals surface area (Å²) in [5.74, 6) is 0. The molecular formula is C42H84N2. The highest BCUT2D eigenvalue weighted by atomic mass is 15.4. The van der Waals surface area contributed by atoms with E-state index in [0.29, 0.717) is 6.17 Å². The SMILES string of the molecule is CCCCCCCCCCCCCCCCCCCN1C=CN(CCCCCCCCCCCCCCCCC)C1CCC. The number of rotatable bonds is 36. The minimum Gasteiger partial charge on any atom is -0.356 e. The van der Waals surface area contributed by atoms with Crippen LogP contribution >= 0.6 is 0 Å². The first kappa shape index (κ1) is 41.4. The Bertz CT molecular complexity index is 572. The van der Waals surface area contributed by atoms with Crippen molar-refractivity contribution in [1.29, 1.82) is 0 Å². The second-order valence-electron chi connectivity index (χ2n) is 14.6. The fraction of sp³-hybridized carbons (Fsp3) is 0.952. The van der Waals surface area contributed by atoms with Gasteiger partial charge in [0, 0.05) is 25.5 Å². The summed E-state index contributed by atoms with van der Waals surface area (Å²) in [6.07, 6.45) is 54.5. The third-order valence-corrected chi connectivity index (χ3v) is 10.3. The van der Waals surface area contributed by atoms with Crippen molar-refractivity contribution in [2.24, 2.45) is 0 Å². The van der Waals surface area contributed by atoms with Gasteiger partial charge in [0.05, 0.1) is 0 Å². The number of hydrogen-bond donors (Lipinski definition) is 0. The summed E-state index contributed by atoms with van der Waals surface area (Å²) in [5.41, 5.74) is 0. The molecule has 0 radical (unpaired) electrons. The highest BCUT2D eigenvalue weighted by Crippen LogP contribution is 2.23. The Morgan fingerprint density at radius 1 is 0.295 bits per heavy atom. The summed E-state index contributed by atoms with van der Waals surface area (Å²) in [6.45, 7) is 9.50. The lowest BCUT2D eigenvalue weighted by atomic mass is 10.0. The predicted octanol–water partition coefficient (Wildman–Crippen LogP) is 14.7. The quantitative estimate of drug-likeness (QED) is 0.0646. The second kappa shape index (κ2) is 33.7. The normalized spacial score (nSPS) is 14.8. The summed E-state index contributed by atoms with van der Waals surface area (Å²) in [7, 11) is 0. The fourth-order valence-electron chi connectivity index (χ4n) is 7.28. The zero-order valence-electron chi connectivity index (χ0n) is 31.1. The molecule has 0 aromatic rings. The van der Waals surface area contributed by atoms with Gasteiger partial charge in [0.15, 0.2) is 0 Å². The van der Waals surface area contributed by atoms with E-state index in [4.69, 9.17) is 0 Å². The lowest BCUT2D eigenvalue weighted by molar-refractivity contribution is 0.138. The van der Waals surface area contributed by atoms with E-state index in [1.165, 1.54) is 231 Å². The maximum absolute atomic E-state index is 2.67. The van der Waals surface area contributed by atoms with Crippen LogP contribution in [0.15, 0.2) is 12.4 Å². The maximum atomic E-state index is 2.67. The molecule has 0 amide bonds. The van der Waals surface area contributed by atoms with Crippen LogP contribution in [0.1, 0.15) is 239 Å². The van der Waals surface area contributed by atoms with E-state index >= 15 is 0 Å². The third kappa shape index (κ3) is 25.5. The van der Waals surface area contributed by atoms with E-state index in [0.717, 1.165) is 0 Å². The molecule has 1 unspecified atom stereocenters. The van der Waals surface area contributed by atoms with Crippen LogP contribution in [0.2, 0.25) is 0 Å². The largest absolute Gasteiger partial charge is 0.356 e. The molecule has 0 aliphatic carbocycles. The van der Waals surface area contributed by atoms with Crippen LogP contribution in [0, 0.1) is 0 Å². The molecule has 0 spiro atoms. The molecule has 1 rings (SSSR count). The van der Waals surface area contributed by atoms with Crippen LogP contribution in [0.5, 0.6) is 0 Å². The average Bonchev–Trinajstić information content (AvgIpc) is 3.41. The van der Waals surface area contributed by atoms with Gasteiger partial charge in [-0.05, 0) is 19.3 Å². The molecule has 2 heteroatoms. The molecule has 0 fully saturated rings. The Morgan fingerprint density at radius 2 is 0.523 bits per heavy atom. The Kier molecular flexibility index (Phi) is 31.7. The van der Waals surface area contributed by atoms with Crippen molar-refractivity contribution < 1.29 is 0 Å². The zero-order valence-corrected chi connectivity index (χ0v) is 31.1. The predicted molar refractivity (Wildman–Crippen MR) is 200 cm³/mol. The van der Waals surface area contributed by atoms with Crippen molar-refractivity contribution in [3.05, 3.63) is 12.4 Å². The van der Waals surface area contributed by atoms with Crippen LogP contribution in [-0.2, 0) is 0 Å². The van der Waals surface area contributed by atoms with E-state index in [9.17, 15) is 0 Å². The van der Waals surface area contributed by atoms with Gasteiger partial charge in [-0.3, -0.25) is 0 Å². The fourth-order valence-corrected chi connectivity index (χ4v) is 7.28. The van der Waals surface area contributed by atoms with Gasteiger partial charge in [-0.25, -0.2) is 0 Å². The summed E-state index contributed by atoms with van der Waals surface area (Å²) in [6, 6.07) is 0. The lowest BCUT2D eigenvalue weighted by Gasteiger charge is -2.33. The van der Waals surface area contributed by atoms with Crippen molar-refractivity contribution in [1.82, 2.24) is 9.80 Å². The van der Waals surface area contributed by atoms with Crippen LogP contribution in [0.3, 0.4) is 0 Å². The Labute approximate surface area is 280 Å². The van der Waals surface area contributed by atoms with Crippen molar-refractivity contribution in [2.75, 3.05) is 13.1 Å². The molecule has 1 heterocycles. The smallest absolute Gasteiger partial charge is 0.101 e. The van der Waals surface area contributed by atoms with E-state index in [-0.39, 0.29) is 0 Å². The van der Waals surface area contributed by atoms with Crippen molar-refractivity contribution in [3.8, 4) is 0 Å². The van der Waals surface area contributed by atoms with Crippen molar-refractivity contribution in [3.63, 3.8) is 0 Å². The van der Waals surface area contributed by atoms with Gasteiger partial charge in [-0.1, -0.05) is 220 Å². The average molecular weight is 617 g/mol. The molecule has 1 aliphatic heterocycles. The van der Waals surface area contributed by atoms with Gasteiger partial charge in [0.1, 0.15) is 6.17 Å². The lowest BCUT2D eigenvalue weighted by Crippen LogP contribution is -2.39. The van der Waals surface area contributed by atoms with E-state index < -0.39 is 0 Å². The van der Waals surface area contributed by atoms with Crippen LogP contribution in [0.25, 0.3) is 0 Å². The number of unbranched alkanes of at least 4 members (excludes halogenated alkanes) is 30. The van der Waals surface area contributed by atoms with Crippen LogP contribution < -0.4 is 0 Å². The molecule has 1 atom stereocenters. The molecular weight excluding hydrogens is 532 g/mol. The molecule has 44 heavy (non-hydrogen) atoms. The van der Waals surface area contributed by atoms with Gasteiger partial charge in [0.2, 0.25) is 0 Å². The van der Waals surface area contributed by atoms with E-state index in [1.54, 1.807) is 0 Å². The molecule has 0 N–H and O–H groups in total. The molecule has 262 valence electrons. The summed E-state index contributed by atoms with van der Waals surface area (Å²) < 4.78 is 0. The van der Waals surface area contributed by atoms with Gasteiger partial charge < -0.3 is 9.80 Å². The minimum absolute atomic E-state index is 0.632. The molecule has 0 bridgehead atoms.